The number of nitrogens with zero attached hydrogens (tertiary/aromatic N) is 2. The van der Waals surface area contributed by atoms with Crippen LogP contribution in [0.1, 0.15) is 5.56 Å². The van der Waals surface area contributed by atoms with Gasteiger partial charge in [-0.25, -0.2) is 0 Å². The van der Waals surface area contributed by atoms with Crippen LogP contribution in [0.3, 0.4) is 0 Å². The van der Waals surface area contributed by atoms with Gasteiger partial charge in [0.1, 0.15) is 0 Å². The summed E-state index contributed by atoms with van der Waals surface area (Å²) < 4.78 is 1.75. The Morgan fingerprint density at radius 1 is 0.962 bits per heavy atom. The lowest BCUT2D eigenvalue weighted by Crippen LogP contribution is -2.19. The van der Waals surface area contributed by atoms with E-state index >= 15 is 0 Å². The number of aromatic nitrogens is 2. The van der Waals surface area contributed by atoms with Crippen molar-refractivity contribution in [1.82, 2.24) is 9.78 Å². The number of nitrogens with one attached hydrogen (secondary N) is 2. The molecular formula is C17H12Cl4N4S. The van der Waals surface area contributed by atoms with Gasteiger partial charge >= 0.3 is 0 Å². The standard InChI is InChI=1S/C17H12Cl4N4S/c18-11-2-1-10(14(20)5-11)8-25-9-13(7-22-25)23-17(26)24-16-4-3-12(19)6-15(16)21/h1-7,9H,8H2,(H2,23,24,26). The second kappa shape index (κ2) is 8.46. The second-order valence-electron chi connectivity index (χ2n) is 5.37. The van der Waals surface area contributed by atoms with Gasteiger partial charge in [-0.1, -0.05) is 52.5 Å². The summed E-state index contributed by atoms with van der Waals surface area (Å²) in [7, 11) is 0. The minimum Gasteiger partial charge on any atom is -0.331 e. The number of hydrogen-bond acceptors (Lipinski definition) is 2. The highest BCUT2D eigenvalue weighted by Gasteiger charge is 2.07. The van der Waals surface area contributed by atoms with Crippen molar-refractivity contribution in [3.63, 3.8) is 0 Å². The molecule has 0 atom stereocenters. The Morgan fingerprint density at radius 2 is 1.65 bits per heavy atom. The van der Waals surface area contributed by atoms with Crippen LogP contribution in [0, 0.1) is 0 Å². The van der Waals surface area contributed by atoms with Crippen LogP contribution in [0.25, 0.3) is 0 Å². The molecule has 0 bridgehead atoms. The van der Waals surface area contributed by atoms with Crippen LogP contribution in [0.15, 0.2) is 48.8 Å². The fraction of sp³-hybridized carbons (Fsp3) is 0.0588. The smallest absolute Gasteiger partial charge is 0.175 e. The number of anilines is 2. The highest BCUT2D eigenvalue weighted by atomic mass is 35.5. The van der Waals surface area contributed by atoms with E-state index in [1.807, 2.05) is 12.3 Å². The summed E-state index contributed by atoms with van der Waals surface area (Å²) in [5.74, 6) is 0. The van der Waals surface area contributed by atoms with Gasteiger partial charge < -0.3 is 10.6 Å². The van der Waals surface area contributed by atoms with E-state index in [1.54, 1.807) is 41.2 Å². The number of benzene rings is 2. The topological polar surface area (TPSA) is 41.9 Å². The molecule has 3 aromatic rings. The van der Waals surface area contributed by atoms with Crippen molar-refractivity contribution in [3.8, 4) is 0 Å². The molecule has 4 nitrogen and oxygen atoms in total. The Balaban J connectivity index is 1.63. The molecule has 2 aromatic carbocycles. The molecule has 0 amide bonds. The molecule has 26 heavy (non-hydrogen) atoms. The Bertz CT molecular complexity index is 958. The predicted molar refractivity (Wildman–Crippen MR) is 114 cm³/mol. The number of hydrogen-bond donors (Lipinski definition) is 2. The average molecular weight is 446 g/mol. The number of thiocarbonyl (C=S) groups is 1. The summed E-state index contributed by atoms with van der Waals surface area (Å²) in [4.78, 5) is 0. The maximum absolute atomic E-state index is 6.19. The van der Waals surface area contributed by atoms with E-state index in [9.17, 15) is 0 Å². The van der Waals surface area contributed by atoms with Gasteiger partial charge in [0.25, 0.3) is 0 Å². The quantitative estimate of drug-likeness (QED) is 0.458. The molecule has 134 valence electrons. The summed E-state index contributed by atoms with van der Waals surface area (Å²) in [5.41, 5.74) is 2.31. The Kier molecular flexibility index (Phi) is 6.27. The van der Waals surface area contributed by atoms with Gasteiger partial charge in [0.05, 0.1) is 29.1 Å². The molecule has 1 heterocycles. The van der Waals surface area contributed by atoms with Crippen molar-refractivity contribution < 1.29 is 0 Å². The van der Waals surface area contributed by atoms with Gasteiger partial charge in [0, 0.05) is 21.3 Å². The first-order chi connectivity index (χ1) is 12.4. The van der Waals surface area contributed by atoms with Gasteiger partial charge in [-0.2, -0.15) is 5.10 Å². The molecule has 3 rings (SSSR count). The maximum atomic E-state index is 6.19. The van der Waals surface area contributed by atoms with Gasteiger partial charge in [0.15, 0.2) is 5.11 Å². The van der Waals surface area contributed by atoms with Crippen molar-refractivity contribution in [2.45, 2.75) is 6.54 Å². The van der Waals surface area contributed by atoms with Crippen LogP contribution < -0.4 is 10.6 Å². The zero-order valence-corrected chi connectivity index (χ0v) is 17.0. The third-order valence-electron chi connectivity index (χ3n) is 3.42. The minimum atomic E-state index is 0.387. The van der Waals surface area contributed by atoms with Crippen LogP contribution in [0.2, 0.25) is 20.1 Å². The SMILES string of the molecule is S=C(Nc1cnn(Cc2ccc(Cl)cc2Cl)c1)Nc1ccc(Cl)cc1Cl. The molecule has 0 saturated heterocycles. The summed E-state index contributed by atoms with van der Waals surface area (Å²) in [6.07, 6.45) is 3.49. The van der Waals surface area contributed by atoms with E-state index in [2.05, 4.69) is 15.7 Å². The lowest BCUT2D eigenvalue weighted by atomic mass is 10.2. The van der Waals surface area contributed by atoms with Gasteiger partial charge in [-0.3, -0.25) is 4.68 Å². The van der Waals surface area contributed by atoms with E-state index in [0.29, 0.717) is 37.4 Å². The average Bonchev–Trinajstić information content (AvgIpc) is 3.00. The maximum Gasteiger partial charge on any atom is 0.175 e. The van der Waals surface area contributed by atoms with E-state index in [4.69, 9.17) is 58.6 Å². The molecule has 0 aliphatic rings. The van der Waals surface area contributed by atoms with E-state index < -0.39 is 0 Å². The van der Waals surface area contributed by atoms with Crippen molar-refractivity contribution >= 4 is 75.1 Å². The second-order valence-corrected chi connectivity index (χ2v) is 7.46. The Labute approximate surface area is 176 Å². The summed E-state index contributed by atoms with van der Waals surface area (Å²) in [6, 6.07) is 10.5. The van der Waals surface area contributed by atoms with E-state index in [0.717, 1.165) is 11.3 Å². The van der Waals surface area contributed by atoms with Crippen LogP contribution in [-0.4, -0.2) is 14.9 Å². The van der Waals surface area contributed by atoms with Gasteiger partial charge in [0.2, 0.25) is 0 Å². The molecule has 0 radical (unpaired) electrons. The van der Waals surface area contributed by atoms with Crippen LogP contribution in [-0.2, 0) is 6.54 Å². The fourth-order valence-corrected chi connectivity index (χ4v) is 3.37. The Morgan fingerprint density at radius 3 is 2.35 bits per heavy atom. The van der Waals surface area contributed by atoms with E-state index in [1.165, 1.54) is 0 Å². The summed E-state index contributed by atoms with van der Waals surface area (Å²) in [6.45, 7) is 0.515. The van der Waals surface area contributed by atoms with Crippen molar-refractivity contribution in [1.29, 1.82) is 0 Å². The molecule has 9 heteroatoms. The highest BCUT2D eigenvalue weighted by molar-refractivity contribution is 7.80. The lowest BCUT2D eigenvalue weighted by Gasteiger charge is -2.10. The van der Waals surface area contributed by atoms with Crippen LogP contribution >= 0.6 is 58.6 Å². The van der Waals surface area contributed by atoms with Crippen molar-refractivity contribution in [2.24, 2.45) is 0 Å². The predicted octanol–water partition coefficient (Wildman–Crippen LogP) is 6.35. The zero-order valence-electron chi connectivity index (χ0n) is 13.1. The third-order valence-corrected chi connectivity index (χ3v) is 4.76. The molecule has 0 aliphatic heterocycles. The first-order valence-corrected chi connectivity index (χ1v) is 9.32. The summed E-state index contributed by atoms with van der Waals surface area (Å²) >= 11 is 29.4. The van der Waals surface area contributed by atoms with Crippen molar-refractivity contribution in [2.75, 3.05) is 10.6 Å². The molecular weight excluding hydrogens is 434 g/mol. The largest absolute Gasteiger partial charge is 0.331 e. The van der Waals surface area contributed by atoms with Gasteiger partial charge in [-0.15, -0.1) is 0 Å². The van der Waals surface area contributed by atoms with Crippen LogP contribution in [0.4, 0.5) is 11.4 Å². The molecule has 1 aromatic heterocycles. The van der Waals surface area contributed by atoms with Crippen LogP contribution in [0.5, 0.6) is 0 Å². The number of rotatable bonds is 4. The lowest BCUT2D eigenvalue weighted by molar-refractivity contribution is 0.687. The monoisotopic (exact) mass is 444 g/mol. The molecule has 2 N–H and O–H groups in total. The van der Waals surface area contributed by atoms with Gasteiger partial charge in [-0.05, 0) is 48.1 Å². The molecule has 0 fully saturated rings. The number of halogens is 4. The Hall–Kier alpha value is -1.50. The molecule has 0 spiro atoms. The first-order valence-electron chi connectivity index (χ1n) is 7.40. The normalized spacial score (nSPS) is 10.6. The molecule has 0 saturated carbocycles. The third kappa shape index (κ3) is 5.02. The minimum absolute atomic E-state index is 0.387. The molecule has 0 unspecified atom stereocenters. The highest BCUT2D eigenvalue weighted by Crippen LogP contribution is 2.25. The first kappa shape index (κ1) is 19.3. The fourth-order valence-electron chi connectivity index (χ4n) is 2.21. The molecule has 0 aliphatic carbocycles. The van der Waals surface area contributed by atoms with E-state index in [-0.39, 0.29) is 0 Å². The summed E-state index contributed by atoms with van der Waals surface area (Å²) in [5, 5.41) is 13.0. The van der Waals surface area contributed by atoms with Crippen molar-refractivity contribution in [3.05, 3.63) is 74.4 Å². The zero-order chi connectivity index (χ0) is 18.7.